The van der Waals surface area contributed by atoms with Crippen molar-refractivity contribution in [2.24, 2.45) is 10.8 Å². The van der Waals surface area contributed by atoms with E-state index in [4.69, 9.17) is 9.47 Å². The standard InChI is InChI=1S/C25H26N4O9/c1-26-13-24(22(31)37-3)19(15-9-5-7-11-17(15)28(33)34)27(2)20(16-10-6-8-12-18(16)29(35)36)25(14-26,21(24)30)23(32)38-4/h5-12,19-20H,13-14H2,1-4H3. The number of ether oxygens (including phenoxy) is 2. The van der Waals surface area contributed by atoms with Crippen molar-refractivity contribution in [2.45, 2.75) is 12.1 Å². The van der Waals surface area contributed by atoms with Gasteiger partial charge in [0.15, 0.2) is 16.6 Å². The number of rotatable bonds is 6. The molecule has 2 aromatic carbocycles. The van der Waals surface area contributed by atoms with E-state index in [1.54, 1.807) is 11.9 Å². The molecule has 2 heterocycles. The number of carbonyl (C=O) groups excluding carboxylic acids is 3. The van der Waals surface area contributed by atoms with Crippen molar-refractivity contribution in [3.05, 3.63) is 79.9 Å². The number of nitrogens with zero attached hydrogens (tertiary/aromatic N) is 4. The fourth-order valence-corrected chi connectivity index (χ4v) is 6.36. The van der Waals surface area contributed by atoms with Gasteiger partial charge < -0.3 is 14.4 Å². The van der Waals surface area contributed by atoms with Crippen molar-refractivity contribution in [3.63, 3.8) is 0 Å². The average Bonchev–Trinajstić information content (AvgIpc) is 2.89. The molecule has 0 spiro atoms. The maximum atomic E-state index is 14.7. The zero-order chi connectivity index (χ0) is 28.0. The van der Waals surface area contributed by atoms with E-state index in [0.717, 1.165) is 14.2 Å². The summed E-state index contributed by atoms with van der Waals surface area (Å²) in [7, 11) is 5.24. The first kappa shape index (κ1) is 26.8. The molecule has 38 heavy (non-hydrogen) atoms. The van der Waals surface area contributed by atoms with Crippen LogP contribution in [0.15, 0.2) is 48.5 Å². The Bertz CT molecular complexity index is 1250. The molecule has 4 rings (SSSR count). The summed E-state index contributed by atoms with van der Waals surface area (Å²) < 4.78 is 10.2. The number of hydrogen-bond acceptors (Lipinski definition) is 11. The quantitative estimate of drug-likeness (QED) is 0.234. The summed E-state index contributed by atoms with van der Waals surface area (Å²) in [5.41, 5.74) is -4.87. The topological polar surface area (TPSA) is 162 Å². The smallest absolute Gasteiger partial charge is 0.322 e. The van der Waals surface area contributed by atoms with E-state index >= 15 is 0 Å². The molecule has 2 bridgehead atoms. The zero-order valence-corrected chi connectivity index (χ0v) is 21.2. The number of likely N-dealkylation sites (tertiary alicyclic amines) is 2. The van der Waals surface area contributed by atoms with Gasteiger partial charge in [-0.3, -0.25) is 39.5 Å². The molecule has 0 radical (unpaired) electrons. The predicted octanol–water partition coefficient (Wildman–Crippen LogP) is 2.06. The second kappa shape index (κ2) is 9.58. The van der Waals surface area contributed by atoms with Gasteiger partial charge in [0.05, 0.1) is 36.1 Å². The van der Waals surface area contributed by atoms with E-state index in [0.29, 0.717) is 0 Å². The number of nitro groups is 2. The Labute approximate surface area is 217 Å². The zero-order valence-electron chi connectivity index (χ0n) is 21.2. The fourth-order valence-electron chi connectivity index (χ4n) is 6.36. The largest absolute Gasteiger partial charge is 0.468 e. The molecule has 4 unspecified atom stereocenters. The number of methoxy groups -OCH3 is 2. The molecule has 0 aromatic heterocycles. The molecule has 4 atom stereocenters. The molecule has 2 aromatic rings. The minimum absolute atomic E-state index is 0.0242. The van der Waals surface area contributed by atoms with Crippen molar-refractivity contribution in [1.29, 1.82) is 0 Å². The number of ketones is 1. The predicted molar refractivity (Wildman–Crippen MR) is 131 cm³/mol. The van der Waals surface area contributed by atoms with E-state index in [1.165, 1.54) is 60.5 Å². The summed E-state index contributed by atoms with van der Waals surface area (Å²) in [6, 6.07) is 8.64. The van der Waals surface area contributed by atoms with Gasteiger partial charge in [-0.1, -0.05) is 36.4 Å². The lowest BCUT2D eigenvalue weighted by Gasteiger charge is -2.60. The molecule has 0 N–H and O–H groups in total. The minimum Gasteiger partial charge on any atom is -0.468 e. The summed E-state index contributed by atoms with van der Waals surface area (Å²) in [4.78, 5) is 67.8. The Kier molecular flexibility index (Phi) is 6.76. The van der Waals surface area contributed by atoms with Crippen LogP contribution in [0, 0.1) is 31.1 Å². The van der Waals surface area contributed by atoms with Crippen LogP contribution in [-0.2, 0) is 23.9 Å². The monoisotopic (exact) mass is 526 g/mol. The Morgan fingerprint density at radius 1 is 0.816 bits per heavy atom. The highest BCUT2D eigenvalue weighted by Gasteiger charge is 2.75. The van der Waals surface area contributed by atoms with Gasteiger partial charge in [-0.05, 0) is 14.1 Å². The van der Waals surface area contributed by atoms with Gasteiger partial charge in [-0.25, -0.2) is 0 Å². The third kappa shape index (κ3) is 3.57. The van der Waals surface area contributed by atoms with Crippen LogP contribution < -0.4 is 0 Å². The second-order valence-electron chi connectivity index (χ2n) is 9.53. The molecular weight excluding hydrogens is 500 g/mol. The third-order valence-corrected chi connectivity index (χ3v) is 7.55. The number of benzene rings is 2. The lowest BCUT2D eigenvalue weighted by Crippen LogP contribution is -2.75. The van der Waals surface area contributed by atoms with Gasteiger partial charge in [0.2, 0.25) is 0 Å². The first-order valence-corrected chi connectivity index (χ1v) is 11.6. The van der Waals surface area contributed by atoms with Gasteiger partial charge >= 0.3 is 11.9 Å². The van der Waals surface area contributed by atoms with E-state index in [9.17, 15) is 34.6 Å². The van der Waals surface area contributed by atoms with E-state index in [-0.39, 0.29) is 35.6 Å². The van der Waals surface area contributed by atoms with Crippen LogP contribution in [0.2, 0.25) is 0 Å². The molecule has 0 saturated carbocycles. The maximum absolute atomic E-state index is 14.7. The third-order valence-electron chi connectivity index (χ3n) is 7.55. The van der Waals surface area contributed by atoms with Crippen LogP contribution in [0.3, 0.4) is 0 Å². The number of para-hydroxylation sites is 2. The normalized spacial score (nSPS) is 27.4. The van der Waals surface area contributed by atoms with Crippen molar-refractivity contribution in [3.8, 4) is 0 Å². The molecule has 200 valence electrons. The Balaban J connectivity index is 2.17. The van der Waals surface area contributed by atoms with Crippen LogP contribution in [0.1, 0.15) is 23.2 Å². The van der Waals surface area contributed by atoms with Crippen molar-refractivity contribution >= 4 is 29.1 Å². The van der Waals surface area contributed by atoms with Crippen molar-refractivity contribution in [1.82, 2.24) is 9.80 Å². The summed E-state index contributed by atoms with van der Waals surface area (Å²) in [6.45, 7) is -0.441. The molecule has 13 heteroatoms. The van der Waals surface area contributed by atoms with E-state index in [1.807, 2.05) is 0 Å². The number of esters is 2. The molecule has 2 saturated heterocycles. The number of hydrogen-bond donors (Lipinski definition) is 0. The molecule has 0 aliphatic carbocycles. The van der Waals surface area contributed by atoms with Crippen LogP contribution in [0.25, 0.3) is 0 Å². The number of piperidine rings is 2. The first-order chi connectivity index (χ1) is 18.0. The Hall–Kier alpha value is -4.23. The molecule has 2 fully saturated rings. The molecule has 13 nitrogen and oxygen atoms in total. The van der Waals surface area contributed by atoms with Crippen molar-refractivity contribution in [2.75, 3.05) is 41.4 Å². The number of nitro benzene ring substituents is 2. The van der Waals surface area contributed by atoms with Crippen LogP contribution in [0.5, 0.6) is 0 Å². The lowest BCUT2D eigenvalue weighted by atomic mass is 9.53. The van der Waals surface area contributed by atoms with Crippen LogP contribution in [0.4, 0.5) is 11.4 Å². The summed E-state index contributed by atoms with van der Waals surface area (Å²) >= 11 is 0. The van der Waals surface area contributed by atoms with E-state index in [2.05, 4.69) is 0 Å². The second-order valence-corrected chi connectivity index (χ2v) is 9.53. The van der Waals surface area contributed by atoms with Gasteiger partial charge in [0, 0.05) is 36.3 Å². The molecule has 2 aliphatic rings. The summed E-state index contributed by atoms with van der Waals surface area (Å²) in [5.74, 6) is -2.84. The highest BCUT2D eigenvalue weighted by Crippen LogP contribution is 2.61. The number of carbonyl (C=O) groups is 3. The molecular formula is C25H26N4O9. The molecule has 0 amide bonds. The van der Waals surface area contributed by atoms with Gasteiger partial charge in [0.1, 0.15) is 0 Å². The van der Waals surface area contributed by atoms with Crippen molar-refractivity contribution < 1.29 is 33.7 Å². The Morgan fingerprint density at radius 2 is 1.18 bits per heavy atom. The van der Waals surface area contributed by atoms with E-state index < -0.39 is 50.5 Å². The summed E-state index contributed by atoms with van der Waals surface area (Å²) in [5, 5.41) is 24.1. The lowest BCUT2D eigenvalue weighted by molar-refractivity contribution is -0.386. The van der Waals surface area contributed by atoms with Crippen LogP contribution in [-0.4, -0.2) is 78.8 Å². The number of fused-ring (bicyclic) bond motifs is 2. The maximum Gasteiger partial charge on any atom is 0.322 e. The fraction of sp³-hybridized carbons (Fsp3) is 0.400. The minimum atomic E-state index is -2.10. The summed E-state index contributed by atoms with van der Waals surface area (Å²) in [6.07, 6.45) is 0. The van der Waals surface area contributed by atoms with Gasteiger partial charge in [-0.15, -0.1) is 0 Å². The SMILES string of the molecule is COC(=O)C12CN(C)CC(C(=O)OC)(C1=O)C(c1ccccc1[N+](=O)[O-])N(C)C2c1ccccc1[N+](=O)[O-]. The number of Topliss-reactive ketones (excluding diaryl/α,β-unsaturated/α-hetero) is 1. The van der Waals surface area contributed by atoms with Crippen LogP contribution >= 0.6 is 0 Å². The average molecular weight is 527 g/mol. The first-order valence-electron chi connectivity index (χ1n) is 11.6. The van der Waals surface area contributed by atoms with Gasteiger partial charge in [-0.2, -0.15) is 0 Å². The molecule has 2 aliphatic heterocycles. The highest BCUT2D eigenvalue weighted by molar-refractivity contribution is 6.18. The highest BCUT2D eigenvalue weighted by atomic mass is 16.6. The Morgan fingerprint density at radius 3 is 1.53 bits per heavy atom. The van der Waals surface area contributed by atoms with Gasteiger partial charge in [0.25, 0.3) is 11.4 Å².